The lowest BCUT2D eigenvalue weighted by atomic mass is 10.0. The number of ether oxygens (including phenoxy) is 2. The van der Waals surface area contributed by atoms with Gasteiger partial charge >= 0.3 is 12.2 Å². The Morgan fingerprint density at radius 2 is 1.86 bits per heavy atom. The average molecular weight is 571 g/mol. The van der Waals surface area contributed by atoms with Crippen LogP contribution in [-0.4, -0.2) is 63.0 Å². The minimum Gasteiger partial charge on any atom is -0.445 e. The highest BCUT2D eigenvalue weighted by molar-refractivity contribution is 5.80. The Bertz CT molecular complexity index is 1560. The fourth-order valence-electron chi connectivity index (χ4n) is 5.14. The molecule has 4 aromatic rings. The van der Waals surface area contributed by atoms with E-state index in [2.05, 4.69) is 39.4 Å². The van der Waals surface area contributed by atoms with Crippen LogP contribution in [0.3, 0.4) is 0 Å². The van der Waals surface area contributed by atoms with Gasteiger partial charge in [0.25, 0.3) is 0 Å². The molecule has 0 bridgehead atoms. The number of rotatable bonds is 6. The minimum atomic E-state index is -0.544. The number of fused-ring (bicyclic) bond motifs is 1. The number of aromatic nitrogens is 3. The number of carbonyl (C=O) groups is 2. The first-order valence-electron chi connectivity index (χ1n) is 14.2. The van der Waals surface area contributed by atoms with Crippen LogP contribution >= 0.6 is 0 Å². The molecule has 1 unspecified atom stereocenters. The van der Waals surface area contributed by atoms with E-state index in [9.17, 15) is 9.59 Å². The van der Waals surface area contributed by atoms with Crippen molar-refractivity contribution in [1.29, 1.82) is 0 Å². The third kappa shape index (κ3) is 6.82. The van der Waals surface area contributed by atoms with Crippen molar-refractivity contribution >= 4 is 23.4 Å². The molecule has 2 amide bonds. The van der Waals surface area contributed by atoms with Crippen molar-refractivity contribution in [2.75, 3.05) is 24.5 Å². The number of hydrogen-bond donors (Lipinski definition) is 1. The summed E-state index contributed by atoms with van der Waals surface area (Å²) in [6, 6.07) is 18.0. The summed E-state index contributed by atoms with van der Waals surface area (Å²) in [4.78, 5) is 33.5. The lowest BCUT2D eigenvalue weighted by molar-refractivity contribution is 0.0523. The number of carbonyl (C=O) groups excluding carboxylic acids is 2. The van der Waals surface area contributed by atoms with Gasteiger partial charge in [0.1, 0.15) is 18.5 Å². The van der Waals surface area contributed by atoms with Crippen molar-refractivity contribution in [2.45, 2.75) is 59.4 Å². The summed E-state index contributed by atoms with van der Waals surface area (Å²) in [5.41, 5.74) is 6.16. The third-order valence-electron chi connectivity index (χ3n) is 7.25. The summed E-state index contributed by atoms with van der Waals surface area (Å²) in [6.07, 6.45) is 2.83. The van der Waals surface area contributed by atoms with Crippen molar-refractivity contribution in [3.63, 3.8) is 0 Å². The zero-order valence-electron chi connectivity index (χ0n) is 24.8. The molecular formula is C32H38N6O4. The maximum absolute atomic E-state index is 12.7. The van der Waals surface area contributed by atoms with Crippen LogP contribution in [-0.2, 0) is 22.6 Å². The van der Waals surface area contributed by atoms with Crippen LogP contribution in [0.15, 0.2) is 67.1 Å². The molecule has 220 valence electrons. The highest BCUT2D eigenvalue weighted by Gasteiger charge is 2.29. The van der Waals surface area contributed by atoms with Crippen LogP contribution in [0.1, 0.15) is 44.4 Å². The highest BCUT2D eigenvalue weighted by Crippen LogP contribution is 2.30. The monoisotopic (exact) mass is 570 g/mol. The average Bonchev–Trinajstić information content (AvgIpc) is 3.39. The molecular weight excluding hydrogens is 532 g/mol. The summed E-state index contributed by atoms with van der Waals surface area (Å²) in [7, 11) is 0. The van der Waals surface area contributed by atoms with E-state index in [-0.39, 0.29) is 18.7 Å². The van der Waals surface area contributed by atoms with Gasteiger partial charge in [-0.05, 0) is 63.4 Å². The maximum atomic E-state index is 12.7. The molecule has 1 aliphatic rings. The van der Waals surface area contributed by atoms with E-state index < -0.39 is 11.7 Å². The predicted molar refractivity (Wildman–Crippen MR) is 161 cm³/mol. The quantitative estimate of drug-likeness (QED) is 0.323. The van der Waals surface area contributed by atoms with Gasteiger partial charge in [-0.15, -0.1) is 0 Å². The number of benzene rings is 2. The number of nitrogens with zero attached hydrogens (tertiary/aromatic N) is 5. The van der Waals surface area contributed by atoms with Crippen LogP contribution in [0.25, 0.3) is 16.8 Å². The fraction of sp³-hybridized carbons (Fsp3) is 0.375. The topological polar surface area (TPSA) is 101 Å². The molecule has 1 atom stereocenters. The normalized spacial score (nSPS) is 15.5. The van der Waals surface area contributed by atoms with Gasteiger partial charge < -0.3 is 24.6 Å². The number of aryl methyl sites for hydroxylation is 1. The Morgan fingerprint density at radius 3 is 2.57 bits per heavy atom. The first-order valence-corrected chi connectivity index (χ1v) is 14.2. The zero-order chi connectivity index (χ0) is 29.9. The Balaban J connectivity index is 1.26. The largest absolute Gasteiger partial charge is 0.445 e. The van der Waals surface area contributed by atoms with Gasteiger partial charge in [-0.3, -0.25) is 0 Å². The molecule has 0 saturated carbocycles. The number of nitrogens with one attached hydrogen (secondary N) is 1. The van der Waals surface area contributed by atoms with Crippen molar-refractivity contribution in [3.8, 4) is 11.3 Å². The molecule has 1 aliphatic heterocycles. The molecule has 0 radical (unpaired) electrons. The predicted octanol–water partition coefficient (Wildman–Crippen LogP) is 5.58. The Morgan fingerprint density at radius 1 is 1.07 bits per heavy atom. The highest BCUT2D eigenvalue weighted by atomic mass is 16.6. The summed E-state index contributed by atoms with van der Waals surface area (Å²) < 4.78 is 12.7. The molecule has 3 heterocycles. The van der Waals surface area contributed by atoms with Crippen LogP contribution in [0.4, 0.5) is 15.3 Å². The van der Waals surface area contributed by atoms with Gasteiger partial charge in [-0.2, -0.15) is 5.10 Å². The van der Waals surface area contributed by atoms with E-state index in [1.165, 1.54) is 0 Å². The number of alkyl carbamates (subject to hydrolysis) is 1. The van der Waals surface area contributed by atoms with Crippen molar-refractivity contribution in [1.82, 2.24) is 24.8 Å². The van der Waals surface area contributed by atoms with E-state index in [0.717, 1.165) is 39.2 Å². The first kappa shape index (κ1) is 28.9. The molecule has 2 aromatic carbocycles. The minimum absolute atomic E-state index is 0.0934. The molecule has 1 fully saturated rings. The van der Waals surface area contributed by atoms with Crippen LogP contribution in [0, 0.1) is 6.92 Å². The van der Waals surface area contributed by atoms with Crippen LogP contribution in [0.5, 0.6) is 0 Å². The SMILES string of the molecule is Cc1cc(-c2ncnn3cc(N4CCN(C(=O)OCc5ccccc5)CC4C)cc23)ccc1CNC(=O)OC(C)(C)C. The van der Waals surface area contributed by atoms with Crippen molar-refractivity contribution < 1.29 is 19.1 Å². The summed E-state index contributed by atoms with van der Waals surface area (Å²) in [6.45, 7) is 12.1. The van der Waals surface area contributed by atoms with Crippen LogP contribution < -0.4 is 10.2 Å². The molecule has 0 aliphatic carbocycles. The molecule has 1 N–H and O–H groups in total. The standard InChI is InChI=1S/C32H38N6O4/c1-22-15-25(11-12-26(22)17-33-30(39)42-32(3,4)5)29-28-16-27(19-38(28)35-21-34-29)37-14-13-36(18-23(37)2)31(40)41-20-24-9-7-6-8-10-24/h6-12,15-16,19,21,23H,13-14,17-18,20H2,1-5H3,(H,33,39). The second-order valence-corrected chi connectivity index (χ2v) is 11.7. The van der Waals surface area contributed by atoms with E-state index in [0.29, 0.717) is 26.2 Å². The third-order valence-corrected chi connectivity index (χ3v) is 7.25. The Kier molecular flexibility index (Phi) is 8.33. The van der Waals surface area contributed by atoms with Gasteiger partial charge in [0.2, 0.25) is 0 Å². The second-order valence-electron chi connectivity index (χ2n) is 11.7. The van der Waals surface area contributed by atoms with Gasteiger partial charge in [0, 0.05) is 37.8 Å². The van der Waals surface area contributed by atoms with E-state index >= 15 is 0 Å². The maximum Gasteiger partial charge on any atom is 0.410 e. The molecule has 42 heavy (non-hydrogen) atoms. The van der Waals surface area contributed by atoms with Gasteiger partial charge in [0.05, 0.1) is 23.1 Å². The van der Waals surface area contributed by atoms with Gasteiger partial charge in [-0.25, -0.2) is 19.1 Å². The van der Waals surface area contributed by atoms with E-state index in [4.69, 9.17) is 9.47 Å². The molecule has 2 aromatic heterocycles. The number of anilines is 1. The van der Waals surface area contributed by atoms with Crippen molar-refractivity contribution in [2.24, 2.45) is 0 Å². The number of hydrogen-bond acceptors (Lipinski definition) is 7. The zero-order valence-corrected chi connectivity index (χ0v) is 24.8. The summed E-state index contributed by atoms with van der Waals surface area (Å²) >= 11 is 0. The fourth-order valence-corrected chi connectivity index (χ4v) is 5.14. The summed E-state index contributed by atoms with van der Waals surface area (Å²) in [5.74, 6) is 0. The van der Waals surface area contributed by atoms with Crippen LogP contribution in [0.2, 0.25) is 0 Å². The Hall–Kier alpha value is -4.60. The van der Waals surface area contributed by atoms with E-state index in [1.807, 2.05) is 80.9 Å². The van der Waals surface area contributed by atoms with Crippen molar-refractivity contribution in [3.05, 3.63) is 83.8 Å². The van der Waals surface area contributed by atoms with E-state index in [1.54, 1.807) is 11.2 Å². The summed E-state index contributed by atoms with van der Waals surface area (Å²) in [5, 5.41) is 7.28. The first-order chi connectivity index (χ1) is 20.1. The molecule has 10 nitrogen and oxygen atoms in total. The molecule has 0 spiro atoms. The number of piperazine rings is 1. The Labute approximate surface area is 246 Å². The lowest BCUT2D eigenvalue weighted by Gasteiger charge is -2.40. The smallest absolute Gasteiger partial charge is 0.410 e. The second kappa shape index (κ2) is 12.1. The molecule has 1 saturated heterocycles. The van der Waals surface area contributed by atoms with Gasteiger partial charge in [-0.1, -0.05) is 42.5 Å². The molecule has 5 rings (SSSR count). The van der Waals surface area contributed by atoms with Gasteiger partial charge in [0.15, 0.2) is 0 Å². The number of amides is 2. The lowest BCUT2D eigenvalue weighted by Crippen LogP contribution is -2.53. The molecule has 10 heteroatoms.